The second-order valence-corrected chi connectivity index (χ2v) is 3.93. The summed E-state index contributed by atoms with van der Waals surface area (Å²) < 4.78 is 15.0. The van der Waals surface area contributed by atoms with Crippen LogP contribution in [0.4, 0.5) is 4.39 Å². The van der Waals surface area contributed by atoms with E-state index in [1.807, 2.05) is 13.0 Å². The van der Waals surface area contributed by atoms with Gasteiger partial charge in [0.15, 0.2) is 0 Å². The Kier molecular flexibility index (Phi) is 3.19. The largest absolute Gasteiger partial charge is 0.217 e. The molecule has 0 unspecified atom stereocenters. The highest BCUT2D eigenvalue weighted by atomic mass is 35.5. The third-order valence-electron chi connectivity index (χ3n) is 2.24. The van der Waals surface area contributed by atoms with Crippen LogP contribution < -0.4 is 0 Å². The molecule has 0 saturated carbocycles. The normalized spacial score (nSPS) is 10.7. The van der Waals surface area contributed by atoms with Crippen LogP contribution in [-0.4, -0.2) is 20.9 Å². The maximum Gasteiger partial charge on any atom is 0.149 e. The van der Waals surface area contributed by atoms with Crippen molar-refractivity contribution in [3.8, 4) is 5.69 Å². The van der Waals surface area contributed by atoms with Crippen LogP contribution >= 0.6 is 11.6 Å². The molecule has 0 fully saturated rings. The van der Waals surface area contributed by atoms with Gasteiger partial charge in [-0.15, -0.1) is 16.7 Å². The third-order valence-corrected chi connectivity index (χ3v) is 2.43. The molecule has 0 bridgehead atoms. The van der Waals surface area contributed by atoms with E-state index in [0.717, 1.165) is 11.3 Å². The Morgan fingerprint density at radius 3 is 2.94 bits per heavy atom. The summed E-state index contributed by atoms with van der Waals surface area (Å²) in [5, 5.41) is 7.77. The van der Waals surface area contributed by atoms with Crippen LogP contribution in [0, 0.1) is 12.7 Å². The summed E-state index contributed by atoms with van der Waals surface area (Å²) >= 11 is 5.59. The van der Waals surface area contributed by atoms with Crippen molar-refractivity contribution in [2.24, 2.45) is 0 Å². The molecule has 1 aromatic heterocycles. The van der Waals surface area contributed by atoms with Crippen molar-refractivity contribution < 1.29 is 4.39 Å². The molecule has 0 aliphatic carbocycles. The fraction of sp³-hybridized carbons (Fsp3) is 0.273. The van der Waals surface area contributed by atoms with Gasteiger partial charge in [-0.1, -0.05) is 11.3 Å². The first-order chi connectivity index (χ1) is 7.70. The number of halogens is 2. The van der Waals surface area contributed by atoms with Gasteiger partial charge in [-0.2, -0.15) is 0 Å². The van der Waals surface area contributed by atoms with E-state index in [1.165, 1.54) is 10.7 Å². The van der Waals surface area contributed by atoms with Gasteiger partial charge in [-0.05, 0) is 24.6 Å². The summed E-state index contributed by atoms with van der Waals surface area (Å²) in [5.74, 6) is 0.178. The Morgan fingerprint density at radius 1 is 1.44 bits per heavy atom. The van der Waals surface area contributed by atoms with Gasteiger partial charge >= 0.3 is 0 Å². The summed E-state index contributed by atoms with van der Waals surface area (Å²) in [7, 11) is 0. The maximum atomic E-state index is 13.6. The number of alkyl halides is 1. The first-order valence-electron chi connectivity index (χ1n) is 4.94. The summed E-state index contributed by atoms with van der Waals surface area (Å²) in [4.78, 5) is 0. The van der Waals surface area contributed by atoms with E-state index in [2.05, 4.69) is 10.3 Å². The van der Waals surface area contributed by atoms with E-state index in [4.69, 9.17) is 11.6 Å². The molecule has 0 saturated heterocycles. The van der Waals surface area contributed by atoms with E-state index in [0.29, 0.717) is 18.0 Å². The van der Waals surface area contributed by atoms with Gasteiger partial charge in [-0.25, -0.2) is 9.07 Å². The second-order valence-electron chi connectivity index (χ2n) is 3.55. The summed E-state index contributed by atoms with van der Waals surface area (Å²) in [6.07, 6.45) is 2.32. The molecule has 0 aliphatic rings. The molecule has 0 amide bonds. The zero-order chi connectivity index (χ0) is 11.5. The lowest BCUT2D eigenvalue weighted by atomic mass is 10.2. The molecule has 1 aromatic carbocycles. The Labute approximate surface area is 97.8 Å². The molecule has 84 valence electrons. The number of rotatable bonds is 3. The quantitative estimate of drug-likeness (QED) is 0.771. The summed E-state index contributed by atoms with van der Waals surface area (Å²) in [5.41, 5.74) is 2.04. The number of aryl methyl sites for hydroxylation is 2. The molecule has 0 N–H and O–H groups in total. The average molecular weight is 240 g/mol. The Balaban J connectivity index is 2.35. The zero-order valence-corrected chi connectivity index (χ0v) is 9.58. The van der Waals surface area contributed by atoms with Crippen molar-refractivity contribution in [1.82, 2.24) is 15.0 Å². The molecule has 5 heteroatoms. The van der Waals surface area contributed by atoms with Crippen molar-refractivity contribution >= 4 is 11.6 Å². The highest BCUT2D eigenvalue weighted by Crippen LogP contribution is 2.14. The van der Waals surface area contributed by atoms with Gasteiger partial charge in [0.05, 0.1) is 11.9 Å². The summed E-state index contributed by atoms with van der Waals surface area (Å²) in [6, 6.07) is 4.99. The molecule has 16 heavy (non-hydrogen) atoms. The lowest BCUT2D eigenvalue weighted by molar-refractivity contribution is 0.606. The van der Waals surface area contributed by atoms with Crippen molar-refractivity contribution in [2.75, 3.05) is 5.88 Å². The predicted molar refractivity (Wildman–Crippen MR) is 60.5 cm³/mol. The standard InChI is InChI=1S/C11H11ClFN3/c1-8-2-3-11(10(13)6-8)16-7-9(4-5-12)14-15-16/h2-3,6-7H,4-5H2,1H3. The van der Waals surface area contributed by atoms with Crippen LogP contribution in [-0.2, 0) is 6.42 Å². The molecule has 3 nitrogen and oxygen atoms in total. The number of hydrogen-bond acceptors (Lipinski definition) is 2. The van der Waals surface area contributed by atoms with Crippen LogP contribution in [0.2, 0.25) is 0 Å². The molecule has 0 spiro atoms. The van der Waals surface area contributed by atoms with Gasteiger partial charge in [0, 0.05) is 12.3 Å². The smallest absolute Gasteiger partial charge is 0.149 e. The molecular formula is C11H11ClFN3. The minimum atomic E-state index is -0.303. The molecule has 0 aliphatic heterocycles. The molecule has 1 heterocycles. The lowest BCUT2D eigenvalue weighted by Gasteiger charge is -2.02. The van der Waals surface area contributed by atoms with Gasteiger partial charge in [0.1, 0.15) is 11.5 Å². The minimum Gasteiger partial charge on any atom is -0.217 e. The lowest BCUT2D eigenvalue weighted by Crippen LogP contribution is -1.98. The van der Waals surface area contributed by atoms with Gasteiger partial charge in [0.25, 0.3) is 0 Å². The van der Waals surface area contributed by atoms with Crippen molar-refractivity contribution in [1.29, 1.82) is 0 Å². The first-order valence-corrected chi connectivity index (χ1v) is 5.48. The number of aromatic nitrogens is 3. The predicted octanol–water partition coefficient (Wildman–Crippen LogP) is 2.50. The number of benzene rings is 1. The van der Waals surface area contributed by atoms with E-state index in [9.17, 15) is 4.39 Å². The van der Waals surface area contributed by atoms with Crippen molar-refractivity contribution in [2.45, 2.75) is 13.3 Å². The van der Waals surface area contributed by atoms with Crippen LogP contribution in [0.25, 0.3) is 5.69 Å². The Bertz CT molecular complexity index is 496. The van der Waals surface area contributed by atoms with Crippen LogP contribution in [0.5, 0.6) is 0 Å². The third kappa shape index (κ3) is 2.22. The van der Waals surface area contributed by atoms with Crippen molar-refractivity contribution in [3.63, 3.8) is 0 Å². The van der Waals surface area contributed by atoms with Gasteiger partial charge in [-0.3, -0.25) is 0 Å². The highest BCUT2D eigenvalue weighted by molar-refractivity contribution is 6.17. The second kappa shape index (κ2) is 4.61. The van der Waals surface area contributed by atoms with E-state index >= 15 is 0 Å². The molecule has 0 radical (unpaired) electrons. The molecular weight excluding hydrogens is 229 g/mol. The Morgan fingerprint density at radius 2 is 2.25 bits per heavy atom. The van der Waals surface area contributed by atoms with E-state index in [1.54, 1.807) is 12.3 Å². The summed E-state index contributed by atoms with van der Waals surface area (Å²) in [6.45, 7) is 1.84. The first kappa shape index (κ1) is 11.1. The van der Waals surface area contributed by atoms with Gasteiger partial charge in [0.2, 0.25) is 0 Å². The molecule has 0 atom stereocenters. The molecule has 2 rings (SSSR count). The Hall–Kier alpha value is -1.42. The maximum absolute atomic E-state index is 13.6. The van der Waals surface area contributed by atoms with E-state index in [-0.39, 0.29) is 5.82 Å². The minimum absolute atomic E-state index is 0.303. The van der Waals surface area contributed by atoms with E-state index < -0.39 is 0 Å². The monoisotopic (exact) mass is 239 g/mol. The average Bonchev–Trinajstić information content (AvgIpc) is 2.67. The number of hydrogen-bond donors (Lipinski definition) is 0. The van der Waals surface area contributed by atoms with Crippen LogP contribution in [0.15, 0.2) is 24.4 Å². The fourth-order valence-corrected chi connectivity index (χ4v) is 1.62. The van der Waals surface area contributed by atoms with Gasteiger partial charge < -0.3 is 0 Å². The topological polar surface area (TPSA) is 30.7 Å². The van der Waals surface area contributed by atoms with Crippen molar-refractivity contribution in [3.05, 3.63) is 41.5 Å². The number of nitrogens with zero attached hydrogens (tertiary/aromatic N) is 3. The highest BCUT2D eigenvalue weighted by Gasteiger charge is 2.07. The zero-order valence-electron chi connectivity index (χ0n) is 8.82. The SMILES string of the molecule is Cc1ccc(-n2cc(CCCl)nn2)c(F)c1. The van der Waals surface area contributed by atoms with Crippen LogP contribution in [0.1, 0.15) is 11.3 Å². The molecule has 2 aromatic rings. The van der Waals surface area contributed by atoms with Crippen LogP contribution in [0.3, 0.4) is 0 Å². The fourth-order valence-electron chi connectivity index (χ4n) is 1.43.